The van der Waals surface area contributed by atoms with Gasteiger partial charge in [0.15, 0.2) is 11.6 Å². The first-order valence-electron chi connectivity index (χ1n) is 10.0. The molecule has 0 spiro atoms. The third-order valence-electron chi connectivity index (χ3n) is 5.21. The minimum Gasteiger partial charge on any atom is -0.346 e. The minimum absolute atomic E-state index is 0.00159. The Balaban J connectivity index is 1.42. The quantitative estimate of drug-likeness (QED) is 0.394. The molecule has 1 saturated carbocycles. The van der Waals surface area contributed by atoms with Crippen molar-refractivity contribution in [1.82, 2.24) is 15.0 Å². The lowest BCUT2D eigenvalue weighted by Gasteiger charge is -2.10. The number of aromatic nitrogens is 3. The van der Waals surface area contributed by atoms with Crippen molar-refractivity contribution >= 4 is 38.6 Å². The maximum atomic E-state index is 13.4. The van der Waals surface area contributed by atoms with Gasteiger partial charge in [-0.2, -0.15) is 4.98 Å². The van der Waals surface area contributed by atoms with Crippen LogP contribution in [0.5, 0.6) is 0 Å². The molecular weight excluding hydrogens is 452 g/mol. The number of benzene rings is 2. The third kappa shape index (κ3) is 4.27. The van der Waals surface area contributed by atoms with Gasteiger partial charge in [0.1, 0.15) is 5.65 Å². The molecule has 0 unspecified atom stereocenters. The number of aromatic amines is 1. The molecule has 0 bridgehead atoms. The van der Waals surface area contributed by atoms with Gasteiger partial charge in [-0.25, -0.2) is 22.2 Å². The Labute approximate surface area is 187 Å². The van der Waals surface area contributed by atoms with Crippen molar-refractivity contribution in [1.29, 1.82) is 0 Å². The second-order valence-corrected chi connectivity index (χ2v) is 9.34. The number of amides is 1. The Morgan fingerprint density at radius 3 is 2.45 bits per heavy atom. The smallest absolute Gasteiger partial charge is 0.261 e. The summed E-state index contributed by atoms with van der Waals surface area (Å²) in [6.07, 6.45) is 3.41. The van der Waals surface area contributed by atoms with E-state index in [1.54, 1.807) is 24.4 Å². The summed E-state index contributed by atoms with van der Waals surface area (Å²) in [7, 11) is -4.11. The van der Waals surface area contributed by atoms with E-state index in [0.29, 0.717) is 23.0 Å². The number of carbonyl (C=O) groups excluding carboxylic acids is 1. The van der Waals surface area contributed by atoms with Gasteiger partial charge in [0.2, 0.25) is 11.9 Å². The average molecular weight is 469 g/mol. The Bertz CT molecular complexity index is 1480. The van der Waals surface area contributed by atoms with Crippen LogP contribution in [0.4, 0.5) is 20.4 Å². The molecule has 11 heteroatoms. The summed E-state index contributed by atoms with van der Waals surface area (Å²) in [5.74, 6) is -2.32. The van der Waals surface area contributed by atoms with E-state index in [-0.39, 0.29) is 23.5 Å². The predicted molar refractivity (Wildman–Crippen MR) is 118 cm³/mol. The number of hydrogen-bond acceptors (Lipinski definition) is 5. The van der Waals surface area contributed by atoms with Gasteiger partial charge < -0.3 is 4.98 Å². The highest BCUT2D eigenvalue weighted by atomic mass is 32.2. The van der Waals surface area contributed by atoms with Crippen LogP contribution in [0.3, 0.4) is 0 Å². The number of nitrogens with one attached hydrogen (secondary N) is 3. The molecule has 4 aromatic rings. The lowest BCUT2D eigenvalue weighted by Crippen LogP contribution is -2.15. The van der Waals surface area contributed by atoms with E-state index in [9.17, 15) is 22.0 Å². The lowest BCUT2D eigenvalue weighted by atomic mass is 10.1. The largest absolute Gasteiger partial charge is 0.346 e. The molecule has 5 rings (SSSR count). The number of sulfonamides is 1. The summed E-state index contributed by atoms with van der Waals surface area (Å²) in [5, 5.41) is 3.47. The molecule has 0 atom stereocenters. The van der Waals surface area contributed by atoms with Gasteiger partial charge in [0.05, 0.1) is 10.6 Å². The monoisotopic (exact) mass is 469 g/mol. The van der Waals surface area contributed by atoms with Gasteiger partial charge in [-0.05, 0) is 49.2 Å². The van der Waals surface area contributed by atoms with Gasteiger partial charge in [-0.1, -0.05) is 12.1 Å². The fraction of sp³-hybridized carbons (Fsp3) is 0.136. The van der Waals surface area contributed by atoms with Crippen molar-refractivity contribution in [3.63, 3.8) is 0 Å². The number of carbonyl (C=O) groups is 1. The fourth-order valence-electron chi connectivity index (χ4n) is 3.33. The zero-order chi connectivity index (χ0) is 23.2. The number of hydrogen-bond donors (Lipinski definition) is 3. The molecule has 1 aliphatic carbocycles. The summed E-state index contributed by atoms with van der Waals surface area (Å²) in [5.41, 5.74) is 2.00. The molecule has 8 nitrogen and oxygen atoms in total. The molecule has 0 radical (unpaired) electrons. The highest BCUT2D eigenvalue weighted by Gasteiger charge is 2.30. The van der Waals surface area contributed by atoms with Crippen LogP contribution in [-0.4, -0.2) is 29.3 Å². The van der Waals surface area contributed by atoms with Crippen LogP contribution in [0.2, 0.25) is 0 Å². The van der Waals surface area contributed by atoms with Gasteiger partial charge >= 0.3 is 0 Å². The second-order valence-electron chi connectivity index (χ2n) is 7.66. The van der Waals surface area contributed by atoms with Crippen molar-refractivity contribution in [3.05, 3.63) is 66.4 Å². The first-order valence-corrected chi connectivity index (χ1v) is 11.5. The van der Waals surface area contributed by atoms with E-state index in [0.717, 1.165) is 30.4 Å². The van der Waals surface area contributed by atoms with E-state index in [1.165, 1.54) is 12.1 Å². The molecule has 33 heavy (non-hydrogen) atoms. The number of halogens is 2. The van der Waals surface area contributed by atoms with Crippen molar-refractivity contribution in [2.24, 2.45) is 5.92 Å². The normalized spacial score (nSPS) is 13.8. The summed E-state index contributed by atoms with van der Waals surface area (Å²) in [4.78, 5) is 23.6. The van der Waals surface area contributed by atoms with Gasteiger partial charge in [-0.15, -0.1) is 0 Å². The van der Waals surface area contributed by atoms with Crippen LogP contribution >= 0.6 is 0 Å². The second kappa shape index (κ2) is 7.93. The van der Waals surface area contributed by atoms with Crippen LogP contribution in [-0.2, 0) is 14.8 Å². The standard InChI is InChI=1S/C22H17F2N5O3S/c23-17-8-7-15(11-18(17)24)33(31,32)29-14-5-3-12(4-6-14)19-16-9-10-25-20(16)27-22(26-19)28-21(30)13-1-2-13/h3-11,13,29H,1-2H2,(H2,25,26,27,28,30). The highest BCUT2D eigenvalue weighted by Crippen LogP contribution is 2.31. The van der Waals surface area contributed by atoms with E-state index in [1.807, 2.05) is 0 Å². The molecule has 3 N–H and O–H groups in total. The Hall–Kier alpha value is -3.86. The molecule has 168 valence electrons. The van der Waals surface area contributed by atoms with Crippen LogP contribution in [0.25, 0.3) is 22.3 Å². The third-order valence-corrected chi connectivity index (χ3v) is 6.59. The predicted octanol–water partition coefficient (Wildman–Crippen LogP) is 4.05. The number of nitrogens with zero attached hydrogens (tertiary/aromatic N) is 2. The van der Waals surface area contributed by atoms with Crippen LogP contribution < -0.4 is 10.0 Å². The molecule has 2 aromatic heterocycles. The van der Waals surface area contributed by atoms with Gasteiger partial charge in [-0.3, -0.25) is 14.8 Å². The molecule has 2 heterocycles. The maximum absolute atomic E-state index is 13.4. The Kier molecular flexibility index (Phi) is 5.05. The van der Waals surface area contributed by atoms with Crippen LogP contribution in [0.1, 0.15) is 12.8 Å². The zero-order valence-corrected chi connectivity index (χ0v) is 17.8. The molecule has 1 aliphatic rings. The number of rotatable bonds is 6. The molecule has 1 amide bonds. The van der Waals surface area contributed by atoms with Crippen LogP contribution in [0, 0.1) is 17.6 Å². The topological polar surface area (TPSA) is 117 Å². The average Bonchev–Trinajstić information content (AvgIpc) is 3.53. The Morgan fingerprint density at radius 1 is 1.00 bits per heavy atom. The van der Waals surface area contributed by atoms with Crippen molar-refractivity contribution in [2.75, 3.05) is 10.0 Å². The lowest BCUT2D eigenvalue weighted by molar-refractivity contribution is -0.117. The highest BCUT2D eigenvalue weighted by molar-refractivity contribution is 7.92. The zero-order valence-electron chi connectivity index (χ0n) is 17.0. The van der Waals surface area contributed by atoms with Crippen molar-refractivity contribution in [3.8, 4) is 11.3 Å². The first kappa shape index (κ1) is 21.0. The molecule has 2 aromatic carbocycles. The summed E-state index contributed by atoms with van der Waals surface area (Å²) in [6, 6.07) is 10.5. The van der Waals surface area contributed by atoms with E-state index in [4.69, 9.17) is 0 Å². The SMILES string of the molecule is O=C(Nc1nc(-c2ccc(NS(=O)(=O)c3ccc(F)c(F)c3)cc2)c2cc[nH]c2n1)C1CC1. The van der Waals surface area contributed by atoms with E-state index >= 15 is 0 Å². The fourth-order valence-corrected chi connectivity index (χ4v) is 4.40. The number of anilines is 2. The molecule has 0 saturated heterocycles. The minimum atomic E-state index is -4.11. The maximum Gasteiger partial charge on any atom is 0.261 e. The van der Waals surface area contributed by atoms with Crippen molar-refractivity contribution in [2.45, 2.75) is 17.7 Å². The van der Waals surface area contributed by atoms with E-state index < -0.39 is 26.6 Å². The molecule has 0 aliphatic heterocycles. The summed E-state index contributed by atoms with van der Waals surface area (Å²) >= 11 is 0. The van der Waals surface area contributed by atoms with Crippen molar-refractivity contribution < 1.29 is 22.0 Å². The number of fused-ring (bicyclic) bond motifs is 1. The van der Waals surface area contributed by atoms with Gasteiger partial charge in [0, 0.05) is 28.8 Å². The van der Waals surface area contributed by atoms with Crippen LogP contribution in [0.15, 0.2) is 59.6 Å². The number of H-pyrrole nitrogens is 1. The van der Waals surface area contributed by atoms with E-state index in [2.05, 4.69) is 25.0 Å². The summed E-state index contributed by atoms with van der Waals surface area (Å²) in [6.45, 7) is 0. The molecule has 1 fully saturated rings. The Morgan fingerprint density at radius 2 is 1.76 bits per heavy atom. The first-order chi connectivity index (χ1) is 15.8. The van der Waals surface area contributed by atoms with Gasteiger partial charge in [0.25, 0.3) is 10.0 Å². The molecular formula is C22H17F2N5O3S. The summed E-state index contributed by atoms with van der Waals surface area (Å²) < 4.78 is 53.9.